The number of hydrogen-bond donors (Lipinski definition) is 0. The molecule has 0 N–H and O–H groups in total. The maximum atomic E-state index is 5.38. The van der Waals surface area contributed by atoms with Crippen molar-refractivity contribution < 1.29 is 0 Å². The van der Waals surface area contributed by atoms with Crippen LogP contribution in [0.2, 0.25) is 0 Å². The number of fused-ring (bicyclic) bond motifs is 9. The van der Waals surface area contributed by atoms with Gasteiger partial charge < -0.3 is 18.9 Å². The molecule has 8 heteroatoms. The molecule has 0 bridgehead atoms. The standard InChI is InChI=1S/C74H48N8/c1-7-25-67-57(15-1)58-16-2-8-26-68(58)81(67)55-43-39-53(40-44-55)79(71-29-11-23-63-61(71)19-13-47-75-63)51-35-31-49(32-36-51)73-74(78-66-22-6-5-21-65(66)77-73)50-33-37-52(38-34-50)80(72-30-12-24-64-62(72)20-14-48-76-64)54-41-45-56(46-42-54)82-69-27-9-3-17-59(69)60-18-4-10-28-70(60)82/h1-48H. The zero-order valence-electron chi connectivity index (χ0n) is 44.3. The van der Waals surface area contributed by atoms with E-state index in [1.807, 2.05) is 48.8 Å². The predicted molar refractivity (Wildman–Crippen MR) is 339 cm³/mol. The van der Waals surface area contributed by atoms with E-state index in [2.05, 4.69) is 262 Å². The molecule has 11 aromatic carbocycles. The van der Waals surface area contributed by atoms with Gasteiger partial charge in [-0.05, 0) is 158 Å². The van der Waals surface area contributed by atoms with Crippen LogP contribution in [0.4, 0.5) is 34.1 Å². The lowest BCUT2D eigenvalue weighted by Gasteiger charge is -2.27. The van der Waals surface area contributed by atoms with Crippen LogP contribution in [-0.4, -0.2) is 29.1 Å². The summed E-state index contributed by atoms with van der Waals surface area (Å²) in [7, 11) is 0. The molecule has 0 saturated carbocycles. The van der Waals surface area contributed by atoms with E-state index in [4.69, 9.17) is 19.9 Å². The quantitative estimate of drug-likeness (QED) is 0.136. The van der Waals surface area contributed by atoms with Gasteiger partial charge >= 0.3 is 0 Å². The van der Waals surface area contributed by atoms with Crippen molar-refractivity contribution in [2.75, 3.05) is 9.80 Å². The Hall–Kier alpha value is -11.2. The monoisotopic (exact) mass is 1050 g/mol. The third-order valence-corrected chi connectivity index (χ3v) is 16.0. The summed E-state index contributed by atoms with van der Waals surface area (Å²) in [6.07, 6.45) is 3.71. The largest absolute Gasteiger partial charge is 0.310 e. The summed E-state index contributed by atoms with van der Waals surface area (Å²) in [5.41, 5.74) is 20.0. The van der Waals surface area contributed by atoms with Crippen molar-refractivity contribution in [2.45, 2.75) is 0 Å². The second-order valence-corrected chi connectivity index (χ2v) is 20.6. The minimum absolute atomic E-state index is 0.798. The van der Waals surface area contributed by atoms with Gasteiger partial charge in [-0.1, -0.05) is 121 Å². The fourth-order valence-electron chi connectivity index (χ4n) is 12.3. The van der Waals surface area contributed by atoms with E-state index >= 15 is 0 Å². The number of para-hydroxylation sites is 6. The second-order valence-electron chi connectivity index (χ2n) is 20.6. The van der Waals surface area contributed by atoms with E-state index in [1.165, 1.54) is 43.6 Å². The topological polar surface area (TPSA) is 67.9 Å². The Labute approximate surface area is 472 Å². The van der Waals surface area contributed by atoms with Gasteiger partial charge in [0.1, 0.15) is 0 Å². The van der Waals surface area contributed by atoms with Crippen LogP contribution in [0, 0.1) is 0 Å². The first-order valence-electron chi connectivity index (χ1n) is 27.6. The summed E-state index contributed by atoms with van der Waals surface area (Å²) in [4.78, 5) is 24.9. The zero-order chi connectivity index (χ0) is 54.1. The summed E-state index contributed by atoms with van der Waals surface area (Å²) in [5, 5.41) is 7.05. The zero-order valence-corrected chi connectivity index (χ0v) is 44.3. The van der Waals surface area contributed by atoms with E-state index in [0.29, 0.717) is 0 Å². The number of nitrogens with zero attached hydrogens (tertiary/aromatic N) is 8. The van der Waals surface area contributed by atoms with Crippen molar-refractivity contribution in [3.8, 4) is 33.9 Å². The lowest BCUT2D eigenvalue weighted by Crippen LogP contribution is -2.11. The highest BCUT2D eigenvalue weighted by Crippen LogP contribution is 2.44. The molecule has 0 amide bonds. The van der Waals surface area contributed by atoms with E-state index in [-0.39, 0.29) is 0 Å². The maximum Gasteiger partial charge on any atom is 0.0973 e. The maximum absolute atomic E-state index is 5.38. The normalized spacial score (nSPS) is 11.7. The third-order valence-electron chi connectivity index (χ3n) is 16.0. The van der Waals surface area contributed by atoms with Gasteiger partial charge in [-0.25, -0.2) is 9.97 Å². The average Bonchev–Trinajstić information content (AvgIpc) is 4.09. The highest BCUT2D eigenvalue weighted by Gasteiger charge is 2.22. The number of hydrogen-bond acceptors (Lipinski definition) is 6. The Bertz CT molecular complexity index is 4660. The highest BCUT2D eigenvalue weighted by atomic mass is 15.2. The van der Waals surface area contributed by atoms with Crippen molar-refractivity contribution in [3.05, 3.63) is 291 Å². The van der Waals surface area contributed by atoms with E-state index < -0.39 is 0 Å². The Morgan fingerprint density at radius 1 is 0.244 bits per heavy atom. The van der Waals surface area contributed by atoms with Gasteiger partial charge in [0.15, 0.2) is 0 Å². The van der Waals surface area contributed by atoms with Crippen molar-refractivity contribution in [3.63, 3.8) is 0 Å². The molecule has 16 rings (SSSR count). The SMILES string of the molecule is c1ccc2nc(-c3ccc(N(c4ccc(-n5c6ccccc6c6ccccc65)cc4)c4cccc5ncccc45)cc3)c(-c3ccc(N(c4ccc(-n5c6ccccc6c6ccccc65)cc4)c4cccc5ncccc45)cc3)nc2c1. The first kappa shape index (κ1) is 46.8. The molecule has 384 valence electrons. The molecule has 0 aliphatic carbocycles. The lowest BCUT2D eigenvalue weighted by atomic mass is 10.0. The predicted octanol–water partition coefficient (Wildman–Crippen LogP) is 19.2. The molecule has 16 aromatic rings. The molecule has 0 aliphatic heterocycles. The minimum atomic E-state index is 0.798. The van der Waals surface area contributed by atoms with Gasteiger partial charge in [0.05, 0.1) is 66.9 Å². The van der Waals surface area contributed by atoms with Crippen molar-refractivity contribution in [2.24, 2.45) is 0 Å². The fraction of sp³-hybridized carbons (Fsp3) is 0. The molecule has 0 fully saturated rings. The van der Waals surface area contributed by atoms with Crippen LogP contribution in [0.5, 0.6) is 0 Å². The lowest BCUT2D eigenvalue weighted by molar-refractivity contribution is 1.17. The molecule has 0 unspecified atom stereocenters. The van der Waals surface area contributed by atoms with E-state index in [0.717, 1.165) is 101 Å². The molecule has 0 radical (unpaired) electrons. The van der Waals surface area contributed by atoms with Gasteiger partial charge in [0, 0.05) is 90.0 Å². The molecule has 5 aromatic heterocycles. The highest BCUT2D eigenvalue weighted by molar-refractivity contribution is 6.10. The number of rotatable bonds is 10. The summed E-state index contributed by atoms with van der Waals surface area (Å²) in [6.45, 7) is 0. The molecule has 5 heterocycles. The number of aromatic nitrogens is 6. The first-order valence-corrected chi connectivity index (χ1v) is 27.6. The Kier molecular flexibility index (Phi) is 11.0. The summed E-state index contributed by atoms with van der Waals surface area (Å²) in [6, 6.07) is 98.9. The van der Waals surface area contributed by atoms with Crippen LogP contribution < -0.4 is 9.80 Å². The summed E-state index contributed by atoms with van der Waals surface area (Å²) < 4.78 is 4.72. The fourth-order valence-corrected chi connectivity index (χ4v) is 12.3. The molecule has 0 spiro atoms. The van der Waals surface area contributed by atoms with Crippen LogP contribution in [-0.2, 0) is 0 Å². The van der Waals surface area contributed by atoms with Crippen LogP contribution in [0.1, 0.15) is 0 Å². The number of anilines is 6. The molecular weight excluding hydrogens is 1000 g/mol. The Morgan fingerprint density at radius 2 is 0.549 bits per heavy atom. The summed E-state index contributed by atoms with van der Waals surface area (Å²) in [5.74, 6) is 0. The van der Waals surface area contributed by atoms with Gasteiger partial charge in [-0.15, -0.1) is 0 Å². The molecule has 0 aliphatic rings. The van der Waals surface area contributed by atoms with Gasteiger partial charge in [-0.2, -0.15) is 0 Å². The number of pyridine rings is 2. The smallest absolute Gasteiger partial charge is 0.0973 e. The second kappa shape index (κ2) is 19.3. The van der Waals surface area contributed by atoms with Gasteiger partial charge in [0.2, 0.25) is 0 Å². The third kappa shape index (κ3) is 7.76. The van der Waals surface area contributed by atoms with E-state index in [9.17, 15) is 0 Å². The Balaban J connectivity index is 0.786. The van der Waals surface area contributed by atoms with Crippen molar-refractivity contribution in [1.29, 1.82) is 0 Å². The van der Waals surface area contributed by atoms with Crippen LogP contribution in [0.15, 0.2) is 291 Å². The number of benzene rings is 11. The molecular formula is C74H48N8. The minimum Gasteiger partial charge on any atom is -0.310 e. The summed E-state index contributed by atoms with van der Waals surface area (Å²) >= 11 is 0. The van der Waals surface area contributed by atoms with Crippen LogP contribution >= 0.6 is 0 Å². The average molecular weight is 1050 g/mol. The van der Waals surface area contributed by atoms with Crippen LogP contribution in [0.25, 0.3) is 110 Å². The molecule has 0 atom stereocenters. The van der Waals surface area contributed by atoms with Crippen LogP contribution in [0.3, 0.4) is 0 Å². The molecule has 8 nitrogen and oxygen atoms in total. The molecule has 0 saturated heterocycles. The van der Waals surface area contributed by atoms with Crippen molar-refractivity contribution >= 4 is 111 Å². The molecule has 82 heavy (non-hydrogen) atoms. The van der Waals surface area contributed by atoms with Gasteiger partial charge in [-0.3, -0.25) is 9.97 Å². The first-order chi connectivity index (χ1) is 40.7. The van der Waals surface area contributed by atoms with E-state index in [1.54, 1.807) is 0 Å². The Morgan fingerprint density at radius 3 is 0.915 bits per heavy atom. The van der Waals surface area contributed by atoms with Gasteiger partial charge in [0.25, 0.3) is 0 Å². The van der Waals surface area contributed by atoms with Crippen molar-refractivity contribution in [1.82, 2.24) is 29.1 Å².